The van der Waals surface area contributed by atoms with Crippen LogP contribution in [0.5, 0.6) is 17.2 Å². The second-order valence-electron chi connectivity index (χ2n) is 10.2. The first-order valence-electron chi connectivity index (χ1n) is 11.0. The number of methoxy groups -OCH3 is 1. The molecule has 158 valence electrons. The van der Waals surface area contributed by atoms with Crippen molar-refractivity contribution in [3.05, 3.63) is 52.1 Å². The highest BCUT2D eigenvalue weighted by Gasteiger charge is 2.58. The van der Waals surface area contributed by atoms with Crippen molar-refractivity contribution in [2.24, 2.45) is 11.8 Å². The molecule has 2 N–H and O–H groups in total. The number of phenols is 2. The van der Waals surface area contributed by atoms with Crippen molar-refractivity contribution in [3.63, 3.8) is 0 Å². The summed E-state index contributed by atoms with van der Waals surface area (Å²) in [6.45, 7) is 3.83. The molecule has 4 saturated carbocycles. The van der Waals surface area contributed by atoms with Gasteiger partial charge in [0.05, 0.1) is 12.7 Å². The van der Waals surface area contributed by atoms with E-state index < -0.39 is 0 Å². The lowest BCUT2D eigenvalue weighted by atomic mass is 9.41. The Morgan fingerprint density at radius 3 is 1.97 bits per heavy atom. The first-order chi connectivity index (χ1) is 14.3. The van der Waals surface area contributed by atoms with Crippen molar-refractivity contribution in [2.75, 3.05) is 7.11 Å². The first-order valence-corrected chi connectivity index (χ1v) is 11.0. The third-order valence-electron chi connectivity index (χ3n) is 8.23. The molecule has 2 atom stereocenters. The number of hydrogen-bond acceptors (Lipinski definition) is 4. The highest BCUT2D eigenvalue weighted by molar-refractivity contribution is 5.80. The predicted molar refractivity (Wildman–Crippen MR) is 116 cm³/mol. The summed E-state index contributed by atoms with van der Waals surface area (Å²) in [6.07, 6.45) is 7.77. The Hall–Kier alpha value is -2.49. The fourth-order valence-corrected chi connectivity index (χ4v) is 7.35. The van der Waals surface area contributed by atoms with Gasteiger partial charge >= 0.3 is 0 Å². The zero-order chi connectivity index (χ0) is 21.3. The van der Waals surface area contributed by atoms with E-state index in [4.69, 9.17) is 4.74 Å². The van der Waals surface area contributed by atoms with Crippen LogP contribution < -0.4 is 4.74 Å². The Bertz CT molecular complexity index is 1020. The predicted octanol–water partition coefficient (Wildman–Crippen LogP) is 5.33. The van der Waals surface area contributed by atoms with Crippen LogP contribution in [-0.2, 0) is 10.8 Å². The lowest BCUT2D eigenvalue weighted by Gasteiger charge is -2.63. The van der Waals surface area contributed by atoms with Crippen molar-refractivity contribution in [2.45, 2.75) is 63.2 Å². The molecule has 0 aliphatic heterocycles. The molecule has 4 fully saturated rings. The minimum absolute atomic E-state index is 0.0410. The van der Waals surface area contributed by atoms with Crippen molar-refractivity contribution < 1.29 is 19.7 Å². The largest absolute Gasteiger partial charge is 0.507 e. The monoisotopic (exact) mass is 406 g/mol. The summed E-state index contributed by atoms with van der Waals surface area (Å²) in [5.74, 6) is 2.22. The Morgan fingerprint density at radius 1 is 0.900 bits per heavy atom. The number of aldehydes is 1. The highest BCUT2D eigenvalue weighted by Crippen LogP contribution is 2.66. The van der Waals surface area contributed by atoms with E-state index in [1.54, 1.807) is 7.11 Å². The highest BCUT2D eigenvalue weighted by atomic mass is 16.5. The number of hydrogen-bond donors (Lipinski definition) is 2. The van der Waals surface area contributed by atoms with Crippen LogP contribution >= 0.6 is 0 Å². The second kappa shape index (κ2) is 6.50. The molecule has 0 saturated heterocycles. The van der Waals surface area contributed by atoms with E-state index in [2.05, 4.69) is 12.1 Å². The summed E-state index contributed by atoms with van der Waals surface area (Å²) in [5, 5.41) is 20.6. The van der Waals surface area contributed by atoms with Gasteiger partial charge in [0, 0.05) is 0 Å². The van der Waals surface area contributed by atoms with Gasteiger partial charge in [-0.05, 0) is 109 Å². The minimum Gasteiger partial charge on any atom is -0.507 e. The molecule has 4 nitrogen and oxygen atoms in total. The third-order valence-corrected chi connectivity index (χ3v) is 8.23. The number of carbonyl (C=O) groups is 1. The summed E-state index contributed by atoms with van der Waals surface area (Å²) < 4.78 is 5.48. The zero-order valence-corrected chi connectivity index (χ0v) is 18.0. The van der Waals surface area contributed by atoms with Gasteiger partial charge in [-0.1, -0.05) is 12.1 Å². The van der Waals surface area contributed by atoms with E-state index in [0.717, 1.165) is 36.7 Å². The van der Waals surface area contributed by atoms with Crippen LogP contribution in [0.25, 0.3) is 0 Å². The fraction of sp³-hybridized carbons (Fsp3) is 0.500. The fourth-order valence-electron chi connectivity index (χ4n) is 7.35. The molecule has 0 heterocycles. The van der Waals surface area contributed by atoms with Gasteiger partial charge in [-0.3, -0.25) is 4.79 Å². The minimum atomic E-state index is 0.0410. The van der Waals surface area contributed by atoms with Gasteiger partial charge in [-0.15, -0.1) is 0 Å². The number of aryl methyl sites for hydroxylation is 2. The molecule has 0 radical (unpaired) electrons. The topological polar surface area (TPSA) is 66.8 Å². The molecule has 0 spiro atoms. The van der Waals surface area contributed by atoms with Crippen LogP contribution in [0.4, 0.5) is 0 Å². The average molecular weight is 407 g/mol. The first kappa shape index (κ1) is 19.5. The molecule has 6 rings (SSSR count). The molecule has 30 heavy (non-hydrogen) atoms. The van der Waals surface area contributed by atoms with Crippen molar-refractivity contribution >= 4 is 6.29 Å². The quantitative estimate of drug-likeness (QED) is 0.674. The van der Waals surface area contributed by atoms with Crippen LogP contribution in [0.3, 0.4) is 0 Å². The van der Waals surface area contributed by atoms with E-state index in [-0.39, 0.29) is 22.3 Å². The molecule has 0 aromatic heterocycles. The van der Waals surface area contributed by atoms with Crippen LogP contribution in [0.1, 0.15) is 71.1 Å². The molecular formula is C26H30O4. The molecule has 4 bridgehead atoms. The van der Waals surface area contributed by atoms with Crippen molar-refractivity contribution in [3.8, 4) is 17.2 Å². The Kier molecular flexibility index (Phi) is 4.22. The molecular weight excluding hydrogens is 376 g/mol. The van der Waals surface area contributed by atoms with Gasteiger partial charge in [-0.2, -0.15) is 0 Å². The van der Waals surface area contributed by atoms with E-state index in [0.29, 0.717) is 23.1 Å². The number of rotatable bonds is 4. The Balaban J connectivity index is 1.64. The SMILES string of the molecule is COc1cc(C23CC4CC(CC(c5cc(C)c(O)c(C=O)c5)(C4)C2)C3)cc(C)c1O. The molecule has 2 unspecified atom stereocenters. The molecule has 2 aromatic carbocycles. The average Bonchev–Trinajstić information content (AvgIpc) is 2.70. The molecule has 0 amide bonds. The van der Waals surface area contributed by atoms with Gasteiger partial charge in [0.1, 0.15) is 5.75 Å². The van der Waals surface area contributed by atoms with E-state index in [1.165, 1.54) is 30.4 Å². The van der Waals surface area contributed by atoms with Gasteiger partial charge < -0.3 is 14.9 Å². The van der Waals surface area contributed by atoms with Crippen LogP contribution in [0.2, 0.25) is 0 Å². The van der Waals surface area contributed by atoms with E-state index >= 15 is 0 Å². The summed E-state index contributed by atoms with van der Waals surface area (Å²) >= 11 is 0. The zero-order valence-electron chi connectivity index (χ0n) is 18.0. The normalized spacial score (nSPS) is 31.7. The number of carbonyl (C=O) groups excluding carboxylic acids is 1. The van der Waals surface area contributed by atoms with Crippen LogP contribution in [0.15, 0.2) is 24.3 Å². The Labute approximate surface area is 177 Å². The van der Waals surface area contributed by atoms with E-state index in [9.17, 15) is 15.0 Å². The lowest BCUT2D eigenvalue weighted by molar-refractivity contribution is -0.0282. The van der Waals surface area contributed by atoms with Gasteiger partial charge in [-0.25, -0.2) is 0 Å². The summed E-state index contributed by atoms with van der Waals surface area (Å²) in [5.41, 5.74) is 4.64. The van der Waals surface area contributed by atoms with Crippen molar-refractivity contribution in [1.29, 1.82) is 0 Å². The summed E-state index contributed by atoms with van der Waals surface area (Å²) in [4.78, 5) is 11.6. The van der Waals surface area contributed by atoms with Gasteiger partial charge in [0.25, 0.3) is 0 Å². The number of phenolic OH excluding ortho intramolecular Hbond substituents is 2. The molecule has 4 heteroatoms. The molecule has 2 aromatic rings. The maximum Gasteiger partial charge on any atom is 0.161 e. The lowest BCUT2D eigenvalue weighted by Crippen LogP contribution is -2.56. The van der Waals surface area contributed by atoms with Crippen LogP contribution in [-0.4, -0.2) is 23.6 Å². The van der Waals surface area contributed by atoms with E-state index in [1.807, 2.05) is 26.0 Å². The number of benzene rings is 2. The Morgan fingerprint density at radius 2 is 1.43 bits per heavy atom. The third kappa shape index (κ3) is 2.69. The summed E-state index contributed by atoms with van der Waals surface area (Å²) in [6, 6.07) is 8.23. The maximum atomic E-state index is 11.6. The van der Waals surface area contributed by atoms with Gasteiger partial charge in [0.2, 0.25) is 0 Å². The smallest absolute Gasteiger partial charge is 0.161 e. The van der Waals surface area contributed by atoms with Gasteiger partial charge in [0.15, 0.2) is 17.8 Å². The second-order valence-corrected chi connectivity index (χ2v) is 10.2. The molecule has 4 aliphatic carbocycles. The summed E-state index contributed by atoms with van der Waals surface area (Å²) in [7, 11) is 1.61. The molecule has 4 aliphatic rings. The standard InChI is InChI=1S/C26H30O4/c1-15-4-20(7-19(13-27)23(15)28)25-9-17-6-18(10-25)12-26(11-17,14-25)21-5-16(2)24(29)22(8-21)30-3/h4-5,7-8,13,17-18,28-29H,6,9-12,14H2,1-3H3. The number of ether oxygens (including phenoxy) is 1. The van der Waals surface area contributed by atoms with Crippen molar-refractivity contribution in [1.82, 2.24) is 0 Å². The maximum absolute atomic E-state index is 11.6. The van der Waals surface area contributed by atoms with Crippen LogP contribution in [0, 0.1) is 25.7 Å². The number of aromatic hydroxyl groups is 2.